The Bertz CT molecular complexity index is 1020. The summed E-state index contributed by atoms with van der Waals surface area (Å²) in [7, 11) is 0. The van der Waals surface area contributed by atoms with Crippen LogP contribution in [0.3, 0.4) is 0 Å². The summed E-state index contributed by atoms with van der Waals surface area (Å²) < 4.78 is 6.10. The molecular formula is C36H50O. The molecule has 0 saturated heterocycles. The van der Waals surface area contributed by atoms with Crippen LogP contribution in [0.4, 0.5) is 0 Å². The van der Waals surface area contributed by atoms with Crippen LogP contribution >= 0.6 is 0 Å². The molecule has 0 N–H and O–H groups in total. The van der Waals surface area contributed by atoms with Gasteiger partial charge >= 0.3 is 0 Å². The third-order valence-corrected chi connectivity index (χ3v) is 7.60. The van der Waals surface area contributed by atoms with Gasteiger partial charge in [-0.15, -0.1) is 0 Å². The van der Waals surface area contributed by atoms with Crippen LogP contribution in [-0.4, -0.2) is 6.10 Å². The van der Waals surface area contributed by atoms with E-state index in [1.54, 1.807) is 0 Å². The smallest absolute Gasteiger partial charge is 0.119 e. The Morgan fingerprint density at radius 3 is 1.65 bits per heavy atom. The summed E-state index contributed by atoms with van der Waals surface area (Å²) in [5.74, 6) is 0.965. The molecule has 1 nitrogen and oxygen atoms in total. The maximum absolute atomic E-state index is 6.10. The molecule has 0 spiro atoms. The molecule has 0 aliphatic carbocycles. The number of unbranched alkanes of at least 4 members (excludes halogenated alkanes) is 9. The molecule has 0 aliphatic rings. The molecule has 0 saturated carbocycles. The highest BCUT2D eigenvalue weighted by atomic mass is 16.5. The largest absolute Gasteiger partial charge is 0.491 e. The summed E-state index contributed by atoms with van der Waals surface area (Å²) >= 11 is 0. The Balaban J connectivity index is 1.49. The summed E-state index contributed by atoms with van der Waals surface area (Å²) in [4.78, 5) is 0. The topological polar surface area (TPSA) is 9.23 Å². The summed E-state index contributed by atoms with van der Waals surface area (Å²) in [6.45, 7) is 8.97. The van der Waals surface area contributed by atoms with Crippen LogP contribution in [0.1, 0.15) is 109 Å². The SMILES string of the molecule is CCCCCCCCCCc1ccc(-c2ccc(-c3ccc(OC(C)CCCCC)cc3)cc2)cc1C. The molecular weight excluding hydrogens is 448 g/mol. The molecule has 0 heterocycles. The van der Waals surface area contributed by atoms with Crippen molar-refractivity contribution >= 4 is 0 Å². The fourth-order valence-electron chi connectivity index (χ4n) is 5.16. The second-order valence-corrected chi connectivity index (χ2v) is 10.9. The van der Waals surface area contributed by atoms with Crippen LogP contribution in [0, 0.1) is 6.92 Å². The van der Waals surface area contributed by atoms with Crippen molar-refractivity contribution in [2.45, 2.75) is 117 Å². The Hall–Kier alpha value is -2.54. The second kappa shape index (κ2) is 16.3. The van der Waals surface area contributed by atoms with Gasteiger partial charge in [-0.3, -0.25) is 0 Å². The van der Waals surface area contributed by atoms with Gasteiger partial charge in [0.15, 0.2) is 0 Å². The molecule has 3 rings (SSSR count). The molecule has 1 unspecified atom stereocenters. The van der Waals surface area contributed by atoms with Crippen molar-refractivity contribution in [2.75, 3.05) is 0 Å². The summed E-state index contributed by atoms with van der Waals surface area (Å²) in [6, 6.07) is 24.6. The van der Waals surface area contributed by atoms with E-state index in [1.165, 1.54) is 110 Å². The monoisotopic (exact) mass is 498 g/mol. The first-order chi connectivity index (χ1) is 18.1. The van der Waals surface area contributed by atoms with Gasteiger partial charge in [-0.25, -0.2) is 0 Å². The van der Waals surface area contributed by atoms with Gasteiger partial charge in [-0.2, -0.15) is 0 Å². The Kier molecular flexibility index (Phi) is 12.8. The van der Waals surface area contributed by atoms with Crippen molar-refractivity contribution in [2.24, 2.45) is 0 Å². The first-order valence-electron chi connectivity index (χ1n) is 15.1. The van der Waals surface area contributed by atoms with Gasteiger partial charge in [0.1, 0.15) is 5.75 Å². The lowest BCUT2D eigenvalue weighted by Gasteiger charge is -2.15. The fraction of sp³-hybridized carbons (Fsp3) is 0.500. The van der Waals surface area contributed by atoms with Gasteiger partial charge < -0.3 is 4.74 Å². The molecule has 0 amide bonds. The third kappa shape index (κ3) is 10.0. The van der Waals surface area contributed by atoms with Gasteiger partial charge in [0.05, 0.1) is 6.10 Å². The third-order valence-electron chi connectivity index (χ3n) is 7.60. The first-order valence-corrected chi connectivity index (χ1v) is 15.1. The van der Waals surface area contributed by atoms with Gasteiger partial charge in [0.2, 0.25) is 0 Å². The second-order valence-electron chi connectivity index (χ2n) is 10.9. The fourth-order valence-corrected chi connectivity index (χ4v) is 5.16. The van der Waals surface area contributed by atoms with Crippen LogP contribution in [0.5, 0.6) is 5.75 Å². The highest BCUT2D eigenvalue weighted by Crippen LogP contribution is 2.28. The van der Waals surface area contributed by atoms with Crippen LogP contribution in [-0.2, 0) is 6.42 Å². The van der Waals surface area contributed by atoms with Crippen molar-refractivity contribution in [1.82, 2.24) is 0 Å². The molecule has 0 aromatic heterocycles. The van der Waals surface area contributed by atoms with E-state index in [9.17, 15) is 0 Å². The van der Waals surface area contributed by atoms with Crippen molar-refractivity contribution in [3.05, 3.63) is 77.9 Å². The number of hydrogen-bond donors (Lipinski definition) is 0. The minimum atomic E-state index is 0.270. The maximum Gasteiger partial charge on any atom is 0.119 e. The molecule has 0 radical (unpaired) electrons. The predicted octanol–water partition coefficient (Wildman–Crippen LogP) is 11.4. The maximum atomic E-state index is 6.10. The number of benzene rings is 3. The highest BCUT2D eigenvalue weighted by molar-refractivity contribution is 5.71. The Morgan fingerprint density at radius 2 is 1.05 bits per heavy atom. The molecule has 0 bridgehead atoms. The van der Waals surface area contributed by atoms with E-state index in [1.807, 2.05) is 0 Å². The number of ether oxygens (including phenoxy) is 1. The summed E-state index contributed by atoms with van der Waals surface area (Å²) in [5.41, 5.74) is 8.00. The molecule has 0 aliphatic heterocycles. The zero-order valence-electron chi connectivity index (χ0n) is 24.0. The van der Waals surface area contributed by atoms with E-state index < -0.39 is 0 Å². The summed E-state index contributed by atoms with van der Waals surface area (Å²) in [5, 5.41) is 0. The minimum absolute atomic E-state index is 0.270. The number of rotatable bonds is 17. The Morgan fingerprint density at radius 1 is 0.568 bits per heavy atom. The molecule has 200 valence electrons. The minimum Gasteiger partial charge on any atom is -0.491 e. The lowest BCUT2D eigenvalue weighted by Crippen LogP contribution is -2.11. The molecule has 3 aromatic rings. The van der Waals surface area contributed by atoms with Gasteiger partial charge in [-0.1, -0.05) is 126 Å². The predicted molar refractivity (Wildman–Crippen MR) is 163 cm³/mol. The van der Waals surface area contributed by atoms with E-state index in [0.717, 1.165) is 12.2 Å². The lowest BCUT2D eigenvalue weighted by atomic mass is 9.95. The van der Waals surface area contributed by atoms with Gasteiger partial charge in [0, 0.05) is 0 Å². The first kappa shape index (κ1) is 29.0. The standard InChI is InChI=1S/C36H50O/c1-5-7-9-10-11-12-13-15-17-31-18-23-35(28-29(31)3)34-21-19-32(20-22-34)33-24-26-36(27-25-33)37-30(4)16-14-8-6-2/h18-28,30H,5-17H2,1-4H3. The average Bonchev–Trinajstić information content (AvgIpc) is 2.91. The molecule has 1 atom stereocenters. The van der Waals surface area contributed by atoms with E-state index in [0.29, 0.717) is 0 Å². The Labute approximate surface area is 227 Å². The number of hydrogen-bond acceptors (Lipinski definition) is 1. The van der Waals surface area contributed by atoms with Crippen molar-refractivity contribution in [3.63, 3.8) is 0 Å². The average molecular weight is 499 g/mol. The summed E-state index contributed by atoms with van der Waals surface area (Å²) in [6.07, 6.45) is 17.4. The van der Waals surface area contributed by atoms with Crippen molar-refractivity contribution < 1.29 is 4.74 Å². The lowest BCUT2D eigenvalue weighted by molar-refractivity contribution is 0.206. The van der Waals surface area contributed by atoms with Crippen LogP contribution in [0.15, 0.2) is 66.7 Å². The van der Waals surface area contributed by atoms with Gasteiger partial charge in [0.25, 0.3) is 0 Å². The number of aryl methyl sites for hydroxylation is 2. The zero-order chi connectivity index (χ0) is 26.3. The quantitative estimate of drug-likeness (QED) is 0.168. The highest BCUT2D eigenvalue weighted by Gasteiger charge is 2.06. The zero-order valence-corrected chi connectivity index (χ0v) is 24.0. The van der Waals surface area contributed by atoms with E-state index in [4.69, 9.17) is 4.74 Å². The molecule has 3 aromatic carbocycles. The van der Waals surface area contributed by atoms with Crippen LogP contribution in [0.25, 0.3) is 22.3 Å². The van der Waals surface area contributed by atoms with Crippen LogP contribution < -0.4 is 4.74 Å². The normalized spacial score (nSPS) is 12.0. The van der Waals surface area contributed by atoms with Crippen LogP contribution in [0.2, 0.25) is 0 Å². The molecule has 0 fully saturated rings. The molecule has 1 heteroatoms. The van der Waals surface area contributed by atoms with Crippen molar-refractivity contribution in [3.8, 4) is 28.0 Å². The van der Waals surface area contributed by atoms with Crippen molar-refractivity contribution in [1.29, 1.82) is 0 Å². The van der Waals surface area contributed by atoms with Gasteiger partial charge in [-0.05, 0) is 85.0 Å². The molecule has 37 heavy (non-hydrogen) atoms. The van der Waals surface area contributed by atoms with E-state index in [-0.39, 0.29) is 6.10 Å². The van der Waals surface area contributed by atoms with E-state index in [2.05, 4.69) is 94.4 Å². The van der Waals surface area contributed by atoms with E-state index >= 15 is 0 Å².